The lowest BCUT2D eigenvalue weighted by Crippen LogP contribution is -2.56. The third kappa shape index (κ3) is 1.93. The topological polar surface area (TPSA) is 32.8 Å². The van der Waals surface area contributed by atoms with Crippen molar-refractivity contribution >= 4 is 27.3 Å². The zero-order valence-corrected chi connectivity index (χ0v) is 13.8. The maximum absolute atomic E-state index is 12.4. The van der Waals surface area contributed by atoms with Crippen LogP contribution in [-0.4, -0.2) is 47.2 Å². The number of rotatable bonds is 2. The molecule has 3 saturated heterocycles. The second-order valence-corrected chi connectivity index (χ2v) is 7.70. The van der Waals surface area contributed by atoms with E-state index in [1.54, 1.807) is 0 Å². The number of thiophene rings is 1. The molecule has 1 aromatic carbocycles. The lowest BCUT2D eigenvalue weighted by Gasteiger charge is -2.42. The Balaban J connectivity index is 1.45. The molecule has 1 spiro atoms. The quantitative estimate of drug-likeness (QED) is 0.850. The Hall–Kier alpha value is -1.43. The number of carbonyl (C=O) groups excluding carboxylic acids is 1. The molecule has 0 unspecified atom stereocenters. The summed E-state index contributed by atoms with van der Waals surface area (Å²) < 4.78 is 7.53. The third-order valence-electron chi connectivity index (χ3n) is 5.66. The molecule has 5 heteroatoms. The molecule has 0 saturated carbocycles. The Morgan fingerprint density at radius 3 is 3.17 bits per heavy atom. The number of hydrogen-bond donors (Lipinski definition) is 0. The van der Waals surface area contributed by atoms with Crippen LogP contribution in [0, 0.1) is 0 Å². The van der Waals surface area contributed by atoms with Gasteiger partial charge >= 0.3 is 0 Å². The summed E-state index contributed by atoms with van der Waals surface area (Å²) in [6, 6.07) is 8.80. The molecule has 2 aromatic rings. The third-order valence-corrected chi connectivity index (χ3v) is 6.67. The molecule has 4 heterocycles. The van der Waals surface area contributed by atoms with Gasteiger partial charge in [-0.25, -0.2) is 0 Å². The minimum atomic E-state index is -0.332. The first kappa shape index (κ1) is 14.0. The highest BCUT2D eigenvalue weighted by molar-refractivity contribution is 7.17. The molecule has 0 radical (unpaired) electrons. The maximum Gasteiger partial charge on any atom is 0.226 e. The molecule has 5 rings (SSSR count). The van der Waals surface area contributed by atoms with Crippen LogP contribution in [0.4, 0.5) is 0 Å². The van der Waals surface area contributed by atoms with Crippen LogP contribution in [0.5, 0.6) is 0 Å². The molecule has 0 bridgehead atoms. The van der Waals surface area contributed by atoms with E-state index in [0.717, 1.165) is 39.1 Å². The number of ether oxygens (including phenoxy) is 1. The Labute approximate surface area is 139 Å². The number of benzene rings is 1. The van der Waals surface area contributed by atoms with Gasteiger partial charge in [-0.15, -0.1) is 11.3 Å². The molecule has 1 amide bonds. The van der Waals surface area contributed by atoms with E-state index in [1.165, 1.54) is 15.6 Å². The largest absolute Gasteiger partial charge is 0.354 e. The molecule has 2 atom stereocenters. The van der Waals surface area contributed by atoms with E-state index in [2.05, 4.69) is 34.5 Å². The molecule has 3 aliphatic heterocycles. The highest BCUT2D eigenvalue weighted by Gasteiger charge is 2.60. The first-order valence-electron chi connectivity index (χ1n) is 8.41. The first-order chi connectivity index (χ1) is 11.3. The van der Waals surface area contributed by atoms with Crippen LogP contribution in [0.25, 0.3) is 10.1 Å². The van der Waals surface area contributed by atoms with E-state index in [4.69, 9.17) is 4.74 Å². The van der Waals surface area contributed by atoms with E-state index in [0.29, 0.717) is 6.42 Å². The fourth-order valence-corrected chi connectivity index (χ4v) is 5.55. The average Bonchev–Trinajstić information content (AvgIpc) is 3.21. The lowest BCUT2D eigenvalue weighted by atomic mass is 10.0. The summed E-state index contributed by atoms with van der Waals surface area (Å²) in [6.07, 6.45) is 2.53. The van der Waals surface area contributed by atoms with Crippen molar-refractivity contribution in [1.29, 1.82) is 0 Å². The van der Waals surface area contributed by atoms with Crippen LogP contribution in [0.2, 0.25) is 0 Å². The van der Waals surface area contributed by atoms with Crippen molar-refractivity contribution in [2.24, 2.45) is 0 Å². The summed E-state index contributed by atoms with van der Waals surface area (Å²) in [4.78, 5) is 16.9. The number of amides is 1. The Morgan fingerprint density at radius 1 is 1.30 bits per heavy atom. The minimum Gasteiger partial charge on any atom is -0.354 e. The van der Waals surface area contributed by atoms with E-state index in [9.17, 15) is 4.79 Å². The van der Waals surface area contributed by atoms with Gasteiger partial charge in [-0.3, -0.25) is 9.69 Å². The number of carbonyl (C=O) groups is 1. The second-order valence-electron chi connectivity index (χ2n) is 6.79. The van der Waals surface area contributed by atoms with Gasteiger partial charge in [-0.1, -0.05) is 18.2 Å². The summed E-state index contributed by atoms with van der Waals surface area (Å²) in [5, 5.41) is 3.62. The van der Waals surface area contributed by atoms with Gasteiger partial charge in [0.15, 0.2) is 5.72 Å². The minimum absolute atomic E-state index is 0.217. The van der Waals surface area contributed by atoms with Crippen molar-refractivity contribution in [3.05, 3.63) is 35.2 Å². The highest BCUT2D eigenvalue weighted by atomic mass is 32.1. The van der Waals surface area contributed by atoms with Gasteiger partial charge in [0.25, 0.3) is 0 Å². The van der Waals surface area contributed by atoms with Gasteiger partial charge in [0.1, 0.15) is 0 Å². The van der Waals surface area contributed by atoms with Crippen molar-refractivity contribution in [2.45, 2.75) is 37.6 Å². The standard InChI is InChI=1S/C18H20N2O2S/c21-17-10-16-18(20(17)7-3-9-22-18)6-8-19(16)11-13-12-23-15-5-2-1-4-14(13)15/h1-2,4-5,12,16H,3,6-11H2/t16-,18+/m1/s1. The van der Waals surface area contributed by atoms with E-state index < -0.39 is 0 Å². The van der Waals surface area contributed by atoms with Crippen LogP contribution >= 0.6 is 11.3 Å². The van der Waals surface area contributed by atoms with Crippen molar-refractivity contribution in [2.75, 3.05) is 19.7 Å². The van der Waals surface area contributed by atoms with Gasteiger partial charge in [-0.05, 0) is 28.8 Å². The molecular weight excluding hydrogens is 308 g/mol. The van der Waals surface area contributed by atoms with Gasteiger partial charge in [0.2, 0.25) is 5.91 Å². The van der Waals surface area contributed by atoms with Crippen molar-refractivity contribution < 1.29 is 9.53 Å². The Morgan fingerprint density at radius 2 is 2.22 bits per heavy atom. The van der Waals surface area contributed by atoms with Crippen LogP contribution in [-0.2, 0) is 16.1 Å². The number of nitrogens with zero attached hydrogens (tertiary/aromatic N) is 2. The zero-order chi connectivity index (χ0) is 15.4. The first-order valence-corrected chi connectivity index (χ1v) is 9.29. The van der Waals surface area contributed by atoms with Crippen molar-refractivity contribution in [3.8, 4) is 0 Å². The predicted molar refractivity (Wildman–Crippen MR) is 90.3 cm³/mol. The smallest absolute Gasteiger partial charge is 0.226 e. The number of hydrogen-bond acceptors (Lipinski definition) is 4. The fourth-order valence-electron chi connectivity index (χ4n) is 4.60. The molecule has 120 valence electrons. The number of likely N-dealkylation sites (tertiary alicyclic amines) is 1. The van der Waals surface area contributed by atoms with Crippen LogP contribution in [0.15, 0.2) is 29.6 Å². The van der Waals surface area contributed by atoms with Gasteiger partial charge in [0, 0.05) is 37.2 Å². The second kappa shape index (κ2) is 5.03. The SMILES string of the molecule is O=C1C[C@H]2N(Cc3csc4ccccc34)CC[C@]23OCCCN13. The average molecular weight is 328 g/mol. The van der Waals surface area contributed by atoms with E-state index >= 15 is 0 Å². The van der Waals surface area contributed by atoms with Gasteiger partial charge in [0.05, 0.1) is 12.6 Å². The summed E-state index contributed by atoms with van der Waals surface area (Å²) in [7, 11) is 0. The zero-order valence-electron chi connectivity index (χ0n) is 13.0. The van der Waals surface area contributed by atoms with Gasteiger partial charge < -0.3 is 9.64 Å². The Bertz CT molecular complexity index is 773. The van der Waals surface area contributed by atoms with Gasteiger partial charge in [-0.2, -0.15) is 0 Å². The highest BCUT2D eigenvalue weighted by Crippen LogP contribution is 2.45. The molecule has 3 aliphatic rings. The summed E-state index contributed by atoms with van der Waals surface area (Å²) in [5.41, 5.74) is 1.05. The molecular formula is C18H20N2O2S. The van der Waals surface area contributed by atoms with E-state index in [-0.39, 0.29) is 17.7 Å². The molecule has 0 aliphatic carbocycles. The summed E-state index contributed by atoms with van der Waals surface area (Å²) in [6.45, 7) is 3.58. The summed E-state index contributed by atoms with van der Waals surface area (Å²) in [5.74, 6) is 0.273. The van der Waals surface area contributed by atoms with Crippen molar-refractivity contribution in [3.63, 3.8) is 0 Å². The lowest BCUT2D eigenvalue weighted by molar-refractivity contribution is -0.180. The van der Waals surface area contributed by atoms with E-state index in [1.807, 2.05) is 16.2 Å². The van der Waals surface area contributed by atoms with Crippen LogP contribution < -0.4 is 0 Å². The molecule has 4 nitrogen and oxygen atoms in total. The fraction of sp³-hybridized carbons (Fsp3) is 0.500. The van der Waals surface area contributed by atoms with Crippen LogP contribution in [0.3, 0.4) is 0 Å². The maximum atomic E-state index is 12.4. The van der Waals surface area contributed by atoms with Crippen molar-refractivity contribution in [1.82, 2.24) is 9.80 Å². The van der Waals surface area contributed by atoms with Crippen LogP contribution in [0.1, 0.15) is 24.8 Å². The molecule has 0 N–H and O–H groups in total. The predicted octanol–water partition coefficient (Wildman–Crippen LogP) is 2.82. The molecule has 1 aromatic heterocycles. The molecule has 23 heavy (non-hydrogen) atoms. The normalized spacial score (nSPS) is 30.9. The molecule has 3 fully saturated rings. The summed E-state index contributed by atoms with van der Waals surface area (Å²) >= 11 is 1.81. The number of fused-ring (bicyclic) bond motifs is 1. The Kier molecular flexibility index (Phi) is 3.05. The monoisotopic (exact) mass is 328 g/mol.